The van der Waals surface area contributed by atoms with E-state index in [0.29, 0.717) is 61.0 Å². The number of pyridine rings is 1. The predicted octanol–water partition coefficient (Wildman–Crippen LogP) is 5.02. The zero-order chi connectivity index (χ0) is 25.7. The Labute approximate surface area is 212 Å². The minimum atomic E-state index is -0.514. The van der Waals surface area contributed by atoms with Gasteiger partial charge in [0.15, 0.2) is 5.78 Å². The molecule has 0 N–H and O–H groups in total. The fraction of sp³-hybridized carbons (Fsp3) is 0.269. The molecule has 0 radical (unpaired) electrons. The largest absolute Gasteiger partial charge is 0.306 e. The number of carbonyl (C=O) groups is 2. The van der Waals surface area contributed by atoms with Crippen molar-refractivity contribution in [2.75, 3.05) is 31.1 Å². The lowest BCUT2D eigenvalue weighted by atomic mass is 9.89. The van der Waals surface area contributed by atoms with Crippen molar-refractivity contribution in [3.63, 3.8) is 0 Å². The molecule has 1 amide bonds. The predicted molar refractivity (Wildman–Crippen MR) is 134 cm³/mol. The second-order valence-electron chi connectivity index (χ2n) is 8.59. The standard InChI is InChI=1S/C26H24ClFN4O4/c27-24-10-9-23(17-29-24)31(26(34)20-3-7-22(8-4-20)32(35)36)16-15-30-13-11-19(12-14-30)25(33)18-1-5-21(28)6-2-18/h1-10,17,19H,11-16H2. The molecule has 0 atom stereocenters. The maximum Gasteiger partial charge on any atom is 0.269 e. The summed E-state index contributed by atoms with van der Waals surface area (Å²) in [7, 11) is 0. The highest BCUT2D eigenvalue weighted by atomic mass is 35.5. The van der Waals surface area contributed by atoms with E-state index in [9.17, 15) is 24.1 Å². The third kappa shape index (κ3) is 6.10. The van der Waals surface area contributed by atoms with Crippen molar-refractivity contribution in [2.24, 2.45) is 5.92 Å². The summed E-state index contributed by atoms with van der Waals surface area (Å²) in [6.45, 7) is 2.31. The van der Waals surface area contributed by atoms with Crippen LogP contribution < -0.4 is 4.90 Å². The van der Waals surface area contributed by atoms with Crippen LogP contribution in [-0.2, 0) is 0 Å². The number of piperidine rings is 1. The molecule has 2 heterocycles. The molecule has 0 spiro atoms. The van der Waals surface area contributed by atoms with Gasteiger partial charge in [0.2, 0.25) is 0 Å². The molecule has 1 fully saturated rings. The second kappa shape index (κ2) is 11.4. The molecule has 1 aromatic heterocycles. The highest BCUT2D eigenvalue weighted by Crippen LogP contribution is 2.24. The van der Waals surface area contributed by atoms with Crippen molar-refractivity contribution in [3.8, 4) is 0 Å². The van der Waals surface area contributed by atoms with E-state index in [4.69, 9.17) is 11.6 Å². The molecule has 0 aliphatic carbocycles. The molecule has 2 aromatic carbocycles. The van der Waals surface area contributed by atoms with E-state index in [1.54, 1.807) is 17.0 Å². The number of likely N-dealkylation sites (tertiary alicyclic amines) is 1. The van der Waals surface area contributed by atoms with E-state index in [0.717, 1.165) is 0 Å². The average Bonchev–Trinajstić information content (AvgIpc) is 2.90. The summed E-state index contributed by atoms with van der Waals surface area (Å²) in [5.41, 5.74) is 1.30. The summed E-state index contributed by atoms with van der Waals surface area (Å²) in [5.74, 6) is -0.776. The third-order valence-corrected chi connectivity index (χ3v) is 6.54. The van der Waals surface area contributed by atoms with Gasteiger partial charge in [-0.1, -0.05) is 11.6 Å². The first-order valence-corrected chi connectivity index (χ1v) is 11.9. The number of benzene rings is 2. The minimum absolute atomic E-state index is 0.0249. The lowest BCUT2D eigenvalue weighted by Crippen LogP contribution is -2.43. The quantitative estimate of drug-likeness (QED) is 0.183. The van der Waals surface area contributed by atoms with Gasteiger partial charge in [0.05, 0.1) is 16.8 Å². The summed E-state index contributed by atoms with van der Waals surface area (Å²) >= 11 is 5.92. The third-order valence-electron chi connectivity index (χ3n) is 6.32. The van der Waals surface area contributed by atoms with E-state index in [2.05, 4.69) is 9.88 Å². The Morgan fingerprint density at radius 3 is 2.25 bits per heavy atom. The SMILES string of the molecule is O=C(c1ccc(F)cc1)C1CCN(CCN(C(=O)c2ccc([N+](=O)[O-])cc2)c2ccc(Cl)nc2)CC1. The first kappa shape index (κ1) is 25.4. The number of rotatable bonds is 8. The van der Waals surface area contributed by atoms with Crippen LogP contribution in [0.25, 0.3) is 0 Å². The summed E-state index contributed by atoms with van der Waals surface area (Å²) in [6, 6.07) is 14.4. The highest BCUT2D eigenvalue weighted by Gasteiger charge is 2.27. The molecule has 3 aromatic rings. The zero-order valence-corrected chi connectivity index (χ0v) is 20.1. The molecular weight excluding hydrogens is 487 g/mol. The van der Waals surface area contributed by atoms with Crippen LogP contribution in [0.2, 0.25) is 5.15 Å². The van der Waals surface area contributed by atoms with Gasteiger partial charge in [-0.3, -0.25) is 19.7 Å². The van der Waals surface area contributed by atoms with Crippen molar-refractivity contribution in [2.45, 2.75) is 12.8 Å². The van der Waals surface area contributed by atoms with Gasteiger partial charge in [0.25, 0.3) is 11.6 Å². The number of nitro benzene ring substituents is 1. The Morgan fingerprint density at radius 2 is 1.67 bits per heavy atom. The van der Waals surface area contributed by atoms with Gasteiger partial charge in [0, 0.05) is 42.3 Å². The van der Waals surface area contributed by atoms with E-state index < -0.39 is 4.92 Å². The van der Waals surface area contributed by atoms with Crippen LogP contribution in [0.4, 0.5) is 15.8 Å². The fourth-order valence-electron chi connectivity index (χ4n) is 4.27. The van der Waals surface area contributed by atoms with Gasteiger partial charge in [-0.25, -0.2) is 9.37 Å². The van der Waals surface area contributed by atoms with Crippen molar-refractivity contribution < 1.29 is 18.9 Å². The summed E-state index contributed by atoms with van der Waals surface area (Å²) < 4.78 is 13.2. The highest BCUT2D eigenvalue weighted by molar-refractivity contribution is 6.29. The molecule has 10 heteroatoms. The van der Waals surface area contributed by atoms with Gasteiger partial charge < -0.3 is 9.80 Å². The Morgan fingerprint density at radius 1 is 1.03 bits per heavy atom. The second-order valence-corrected chi connectivity index (χ2v) is 8.97. The Bertz CT molecular complexity index is 1230. The van der Waals surface area contributed by atoms with Crippen LogP contribution in [-0.4, -0.2) is 52.7 Å². The number of carbonyl (C=O) groups excluding carboxylic acids is 2. The molecular formula is C26H24ClFN4O4. The molecule has 4 rings (SSSR count). The van der Waals surface area contributed by atoms with Crippen molar-refractivity contribution in [1.29, 1.82) is 0 Å². The molecule has 186 valence electrons. The Hall–Kier alpha value is -3.69. The molecule has 1 aliphatic heterocycles. The number of nitrogens with zero attached hydrogens (tertiary/aromatic N) is 4. The monoisotopic (exact) mass is 510 g/mol. The minimum Gasteiger partial charge on any atom is -0.306 e. The van der Waals surface area contributed by atoms with Gasteiger partial charge >= 0.3 is 0 Å². The maximum atomic E-state index is 13.3. The lowest BCUT2D eigenvalue weighted by Gasteiger charge is -2.33. The summed E-state index contributed by atoms with van der Waals surface area (Å²) in [4.78, 5) is 44.3. The van der Waals surface area contributed by atoms with Crippen LogP contribution in [0.3, 0.4) is 0 Å². The molecule has 0 bridgehead atoms. The molecule has 0 saturated carbocycles. The van der Waals surface area contributed by atoms with Crippen LogP contribution in [0, 0.1) is 21.8 Å². The molecule has 0 unspecified atom stereocenters. The van der Waals surface area contributed by atoms with Crippen LogP contribution >= 0.6 is 11.6 Å². The molecule has 1 aliphatic rings. The van der Waals surface area contributed by atoms with Crippen molar-refractivity contribution in [1.82, 2.24) is 9.88 Å². The maximum absolute atomic E-state index is 13.3. The average molecular weight is 511 g/mol. The first-order chi connectivity index (χ1) is 17.3. The van der Waals surface area contributed by atoms with Gasteiger partial charge in [0.1, 0.15) is 11.0 Å². The topological polar surface area (TPSA) is 96.7 Å². The number of aromatic nitrogens is 1. The van der Waals surface area contributed by atoms with Crippen LogP contribution in [0.5, 0.6) is 0 Å². The number of amides is 1. The number of anilines is 1. The van der Waals surface area contributed by atoms with Gasteiger partial charge in [-0.2, -0.15) is 0 Å². The lowest BCUT2D eigenvalue weighted by molar-refractivity contribution is -0.384. The molecule has 36 heavy (non-hydrogen) atoms. The molecule has 8 nitrogen and oxygen atoms in total. The van der Waals surface area contributed by atoms with Crippen LogP contribution in [0.1, 0.15) is 33.6 Å². The number of halogens is 2. The number of hydrogen-bond donors (Lipinski definition) is 0. The Balaban J connectivity index is 1.41. The number of ketones is 1. The fourth-order valence-corrected chi connectivity index (χ4v) is 4.38. The Kier molecular flexibility index (Phi) is 8.02. The van der Waals surface area contributed by atoms with Crippen LogP contribution in [0.15, 0.2) is 66.9 Å². The zero-order valence-electron chi connectivity index (χ0n) is 19.3. The van der Waals surface area contributed by atoms with E-state index in [1.165, 1.54) is 54.7 Å². The number of hydrogen-bond acceptors (Lipinski definition) is 6. The summed E-state index contributed by atoms with van der Waals surface area (Å²) in [6.07, 6.45) is 2.86. The van der Waals surface area contributed by atoms with Gasteiger partial charge in [-0.05, 0) is 74.5 Å². The van der Waals surface area contributed by atoms with Gasteiger partial charge in [-0.15, -0.1) is 0 Å². The molecule has 1 saturated heterocycles. The van der Waals surface area contributed by atoms with E-state index in [1.807, 2.05) is 0 Å². The summed E-state index contributed by atoms with van der Waals surface area (Å²) in [5, 5.41) is 11.3. The number of non-ortho nitro benzene ring substituents is 1. The number of Topliss-reactive ketones (excluding diaryl/α,β-unsaturated/α-hetero) is 1. The van der Waals surface area contributed by atoms with Crippen molar-refractivity contribution >= 4 is 34.7 Å². The first-order valence-electron chi connectivity index (χ1n) is 11.5. The normalized spacial score (nSPS) is 14.4. The van der Waals surface area contributed by atoms with Crippen molar-refractivity contribution in [3.05, 3.63) is 99.1 Å². The van der Waals surface area contributed by atoms with E-state index in [-0.39, 0.29) is 29.1 Å². The smallest absolute Gasteiger partial charge is 0.269 e. The van der Waals surface area contributed by atoms with E-state index >= 15 is 0 Å². The number of nitro groups is 1.